The van der Waals surface area contributed by atoms with Crippen LogP contribution in [0.4, 0.5) is 9.18 Å². The fourth-order valence-electron chi connectivity index (χ4n) is 4.65. The van der Waals surface area contributed by atoms with Crippen molar-refractivity contribution in [3.8, 4) is 0 Å². The number of aliphatic hydroxyl groups excluding tert-OH is 1. The lowest BCUT2D eigenvalue weighted by molar-refractivity contribution is -0.147. The molecule has 3 atom stereocenters. The fraction of sp³-hybridized carbons (Fsp3) is 0.276. The monoisotopic (exact) mass is 520 g/mol. The van der Waals surface area contributed by atoms with Crippen LogP contribution >= 0.6 is 0 Å². The van der Waals surface area contributed by atoms with Gasteiger partial charge in [0.2, 0.25) is 5.91 Å². The SMILES string of the molecule is O=C(O)CN(CCc1ccccc1)C(=O)[C@H]1[C@@H](O)[C@H](c2ccc(F)cc2)CN1C(=O)OCc1ccccc1. The number of carboxylic acid groups (broad SMARTS) is 1. The lowest BCUT2D eigenvalue weighted by Gasteiger charge is -2.30. The van der Waals surface area contributed by atoms with E-state index in [0.29, 0.717) is 12.0 Å². The summed E-state index contributed by atoms with van der Waals surface area (Å²) in [6, 6.07) is 22.4. The van der Waals surface area contributed by atoms with E-state index in [1.807, 2.05) is 36.4 Å². The second kappa shape index (κ2) is 12.3. The van der Waals surface area contributed by atoms with Gasteiger partial charge in [0, 0.05) is 19.0 Å². The molecular formula is C29H29FN2O6. The number of likely N-dealkylation sites (tertiary alicyclic amines) is 1. The van der Waals surface area contributed by atoms with E-state index in [1.54, 1.807) is 24.3 Å². The molecule has 1 aliphatic rings. The van der Waals surface area contributed by atoms with E-state index in [4.69, 9.17) is 4.74 Å². The summed E-state index contributed by atoms with van der Waals surface area (Å²) in [6.45, 7) is -0.618. The van der Waals surface area contributed by atoms with Crippen molar-refractivity contribution in [1.29, 1.82) is 0 Å². The number of ether oxygens (including phenoxy) is 1. The van der Waals surface area contributed by atoms with Crippen molar-refractivity contribution in [2.45, 2.75) is 31.1 Å². The molecular weight excluding hydrogens is 491 g/mol. The van der Waals surface area contributed by atoms with Crippen molar-refractivity contribution < 1.29 is 33.7 Å². The molecule has 2 N–H and O–H groups in total. The van der Waals surface area contributed by atoms with Gasteiger partial charge in [-0.15, -0.1) is 0 Å². The van der Waals surface area contributed by atoms with Crippen LogP contribution < -0.4 is 0 Å². The number of carbonyl (C=O) groups excluding carboxylic acids is 2. The molecule has 1 aliphatic heterocycles. The van der Waals surface area contributed by atoms with Crippen molar-refractivity contribution in [3.63, 3.8) is 0 Å². The second-order valence-electron chi connectivity index (χ2n) is 9.18. The number of carboxylic acids is 1. The first-order valence-corrected chi connectivity index (χ1v) is 12.3. The highest BCUT2D eigenvalue weighted by atomic mass is 19.1. The maximum absolute atomic E-state index is 13.7. The number of rotatable bonds is 9. The highest BCUT2D eigenvalue weighted by Crippen LogP contribution is 2.34. The molecule has 0 unspecified atom stereocenters. The van der Waals surface area contributed by atoms with E-state index < -0.39 is 48.4 Å². The van der Waals surface area contributed by atoms with Gasteiger partial charge >= 0.3 is 12.1 Å². The summed E-state index contributed by atoms with van der Waals surface area (Å²) in [5.74, 6) is -3.07. The minimum absolute atomic E-state index is 0.0404. The van der Waals surface area contributed by atoms with Crippen LogP contribution in [-0.4, -0.2) is 69.8 Å². The first-order valence-electron chi connectivity index (χ1n) is 12.3. The molecule has 1 heterocycles. The largest absolute Gasteiger partial charge is 0.480 e. The van der Waals surface area contributed by atoms with Crippen molar-refractivity contribution in [2.75, 3.05) is 19.6 Å². The minimum atomic E-state index is -1.37. The number of benzene rings is 3. The van der Waals surface area contributed by atoms with Crippen molar-refractivity contribution in [3.05, 3.63) is 107 Å². The number of amides is 2. The van der Waals surface area contributed by atoms with Gasteiger partial charge in [0.05, 0.1) is 6.10 Å². The normalized spacial score (nSPS) is 18.7. The van der Waals surface area contributed by atoms with Gasteiger partial charge in [0.15, 0.2) is 0 Å². The predicted molar refractivity (Wildman–Crippen MR) is 137 cm³/mol. The van der Waals surface area contributed by atoms with E-state index in [9.17, 15) is 29.0 Å². The van der Waals surface area contributed by atoms with Crippen molar-refractivity contribution in [1.82, 2.24) is 9.80 Å². The molecule has 38 heavy (non-hydrogen) atoms. The second-order valence-corrected chi connectivity index (χ2v) is 9.18. The van der Waals surface area contributed by atoms with Gasteiger partial charge in [-0.3, -0.25) is 14.5 Å². The number of aliphatic hydroxyl groups is 1. The van der Waals surface area contributed by atoms with Gasteiger partial charge in [-0.2, -0.15) is 0 Å². The highest BCUT2D eigenvalue weighted by Gasteiger charge is 2.49. The van der Waals surface area contributed by atoms with Crippen molar-refractivity contribution in [2.24, 2.45) is 0 Å². The van der Waals surface area contributed by atoms with E-state index in [-0.39, 0.29) is 19.7 Å². The molecule has 0 aromatic heterocycles. The Hall–Kier alpha value is -4.24. The number of aliphatic carboxylic acids is 1. The van der Waals surface area contributed by atoms with Gasteiger partial charge in [-0.1, -0.05) is 72.8 Å². The molecule has 9 heteroatoms. The molecule has 8 nitrogen and oxygen atoms in total. The molecule has 0 aliphatic carbocycles. The number of hydrogen-bond donors (Lipinski definition) is 2. The van der Waals surface area contributed by atoms with Crippen LogP contribution in [0.25, 0.3) is 0 Å². The van der Waals surface area contributed by atoms with Gasteiger partial charge in [0.1, 0.15) is 25.0 Å². The molecule has 198 valence electrons. The van der Waals surface area contributed by atoms with Crippen LogP contribution in [-0.2, 0) is 27.4 Å². The number of hydrogen-bond acceptors (Lipinski definition) is 5. The zero-order valence-corrected chi connectivity index (χ0v) is 20.7. The average molecular weight is 521 g/mol. The predicted octanol–water partition coefficient (Wildman–Crippen LogP) is 3.45. The molecule has 4 rings (SSSR count). The molecule has 1 fully saturated rings. The smallest absolute Gasteiger partial charge is 0.410 e. The number of nitrogens with zero attached hydrogens (tertiary/aromatic N) is 2. The minimum Gasteiger partial charge on any atom is -0.480 e. The van der Waals surface area contributed by atoms with E-state index in [2.05, 4.69) is 0 Å². The Morgan fingerprint density at radius 2 is 1.53 bits per heavy atom. The first-order chi connectivity index (χ1) is 18.3. The summed E-state index contributed by atoms with van der Waals surface area (Å²) in [4.78, 5) is 40.8. The van der Waals surface area contributed by atoms with Crippen LogP contribution in [0.3, 0.4) is 0 Å². The number of carbonyl (C=O) groups is 3. The van der Waals surface area contributed by atoms with Crippen molar-refractivity contribution >= 4 is 18.0 Å². The van der Waals surface area contributed by atoms with Crippen LogP contribution in [0.2, 0.25) is 0 Å². The molecule has 3 aromatic carbocycles. The third kappa shape index (κ3) is 6.54. The molecule has 1 saturated heterocycles. The maximum Gasteiger partial charge on any atom is 0.410 e. The molecule has 0 radical (unpaired) electrons. The van der Waals surface area contributed by atoms with E-state index in [1.165, 1.54) is 24.3 Å². The maximum atomic E-state index is 13.7. The Bertz CT molecular complexity index is 1240. The summed E-state index contributed by atoms with van der Waals surface area (Å²) < 4.78 is 19.0. The van der Waals surface area contributed by atoms with Gasteiger partial charge < -0.3 is 19.8 Å². The molecule has 0 saturated carbocycles. The Labute approximate surface area is 219 Å². The first kappa shape index (κ1) is 26.8. The van der Waals surface area contributed by atoms with E-state index >= 15 is 0 Å². The Morgan fingerprint density at radius 3 is 2.13 bits per heavy atom. The van der Waals surface area contributed by atoms with Crippen LogP contribution in [0.1, 0.15) is 22.6 Å². The topological polar surface area (TPSA) is 107 Å². The zero-order valence-electron chi connectivity index (χ0n) is 20.7. The zero-order chi connectivity index (χ0) is 27.1. The van der Waals surface area contributed by atoms with Gasteiger partial charge in [-0.25, -0.2) is 9.18 Å². The molecule has 0 bridgehead atoms. The molecule has 3 aromatic rings. The van der Waals surface area contributed by atoms with Crippen LogP contribution in [0.15, 0.2) is 84.9 Å². The summed E-state index contributed by atoms with van der Waals surface area (Å²) in [7, 11) is 0. The van der Waals surface area contributed by atoms with E-state index in [0.717, 1.165) is 20.9 Å². The van der Waals surface area contributed by atoms with Crippen LogP contribution in [0, 0.1) is 5.82 Å². The standard InChI is InChI=1S/C29H29FN2O6/c30-23-13-11-22(12-14-23)24-17-32(29(37)38-19-21-9-5-2-6-10-21)26(27(24)35)28(36)31(18-25(33)34)16-15-20-7-3-1-4-8-20/h1-14,24,26-27,35H,15-19H2,(H,33,34)/t24-,26+,27-/m0/s1. The molecule has 2 amide bonds. The summed E-state index contributed by atoms with van der Waals surface area (Å²) in [5, 5.41) is 20.8. The average Bonchev–Trinajstić information content (AvgIpc) is 3.27. The van der Waals surface area contributed by atoms with Gasteiger partial charge in [-0.05, 0) is 35.2 Å². The summed E-state index contributed by atoms with van der Waals surface area (Å²) in [5.41, 5.74) is 2.20. The molecule has 0 spiro atoms. The summed E-state index contributed by atoms with van der Waals surface area (Å²) in [6.07, 6.45) is -1.78. The van der Waals surface area contributed by atoms with Crippen LogP contribution in [0.5, 0.6) is 0 Å². The third-order valence-corrected chi connectivity index (χ3v) is 6.61. The van der Waals surface area contributed by atoms with Gasteiger partial charge in [0.25, 0.3) is 0 Å². The highest BCUT2D eigenvalue weighted by molar-refractivity contribution is 5.89. The Balaban J connectivity index is 1.58. The Kier molecular flexibility index (Phi) is 8.70. The summed E-state index contributed by atoms with van der Waals surface area (Å²) >= 11 is 0. The third-order valence-electron chi connectivity index (χ3n) is 6.61. The Morgan fingerprint density at radius 1 is 0.921 bits per heavy atom. The number of halogens is 1. The lowest BCUT2D eigenvalue weighted by Crippen LogP contribution is -2.53. The quantitative estimate of drug-likeness (QED) is 0.448. The lowest BCUT2D eigenvalue weighted by atomic mass is 9.93. The fourth-order valence-corrected chi connectivity index (χ4v) is 4.65.